The van der Waals surface area contributed by atoms with Crippen LogP contribution in [0.3, 0.4) is 0 Å². The smallest absolute Gasteiger partial charge is 0.197 e. The Morgan fingerprint density at radius 3 is 2.46 bits per heavy atom. The number of methoxy groups -OCH3 is 2. The highest BCUT2D eigenvalue weighted by molar-refractivity contribution is 5.88. The van der Waals surface area contributed by atoms with Gasteiger partial charge in [-0.25, -0.2) is 0 Å². The predicted octanol–water partition coefficient (Wildman–Crippen LogP) is 1.51. The summed E-state index contributed by atoms with van der Waals surface area (Å²) in [5.41, 5.74) is 1.38. The van der Waals surface area contributed by atoms with Crippen LogP contribution >= 0.6 is 0 Å². The molecule has 10 atom stereocenters. The first-order valence-electron chi connectivity index (χ1n) is 13.4. The van der Waals surface area contributed by atoms with E-state index < -0.39 is 53.6 Å². The van der Waals surface area contributed by atoms with Crippen LogP contribution in [0, 0.1) is 23.2 Å². The molecule has 37 heavy (non-hydrogen) atoms. The van der Waals surface area contributed by atoms with Crippen molar-refractivity contribution < 1.29 is 44.2 Å². The van der Waals surface area contributed by atoms with Gasteiger partial charge in [0.1, 0.15) is 23.9 Å². The second-order valence-corrected chi connectivity index (χ2v) is 11.9. The minimum absolute atomic E-state index is 0.0486. The monoisotopic (exact) mass is 524 g/mol. The summed E-state index contributed by atoms with van der Waals surface area (Å²) in [5.74, 6) is -0.974. The van der Waals surface area contributed by atoms with Crippen LogP contribution in [0.4, 0.5) is 0 Å². The number of ketones is 1. The molecule has 4 rings (SSSR count). The minimum atomic E-state index is -1.70. The van der Waals surface area contributed by atoms with Gasteiger partial charge in [-0.1, -0.05) is 39.3 Å². The van der Waals surface area contributed by atoms with Crippen LogP contribution in [0.1, 0.15) is 53.4 Å². The van der Waals surface area contributed by atoms with E-state index in [-0.39, 0.29) is 31.0 Å². The molecule has 0 radical (unpaired) electrons. The standard InChI is InChI=1S/C28H44O9/c1-14(2)16-7-9-27(4)11-18-17(8-10-28(18,33)13-35-6)15(3)21(29)25(20(16)27)37-26-24(32)23(31)22(30)19(36-26)12-34-5/h11,14-15,17,19,21-22,24-26,29-30,32-33H,7-10,12-13H2,1-6H3. The molecule has 1 aliphatic heterocycles. The molecule has 10 unspecified atom stereocenters. The Bertz CT molecular complexity index is 929. The number of hydrogen-bond donors (Lipinski definition) is 4. The van der Waals surface area contributed by atoms with E-state index in [1.807, 2.05) is 6.92 Å². The predicted molar refractivity (Wildman–Crippen MR) is 134 cm³/mol. The van der Waals surface area contributed by atoms with Gasteiger partial charge >= 0.3 is 0 Å². The van der Waals surface area contributed by atoms with Crippen molar-refractivity contribution >= 4 is 5.78 Å². The van der Waals surface area contributed by atoms with Crippen LogP contribution in [0.25, 0.3) is 0 Å². The van der Waals surface area contributed by atoms with Crippen molar-refractivity contribution in [3.05, 3.63) is 22.8 Å². The van der Waals surface area contributed by atoms with Crippen molar-refractivity contribution in [3.8, 4) is 0 Å². The van der Waals surface area contributed by atoms with E-state index >= 15 is 0 Å². The quantitative estimate of drug-likeness (QED) is 0.366. The maximum absolute atomic E-state index is 12.6. The molecule has 9 heteroatoms. The summed E-state index contributed by atoms with van der Waals surface area (Å²) in [4.78, 5) is 12.6. The van der Waals surface area contributed by atoms with Crippen LogP contribution in [0.2, 0.25) is 0 Å². The lowest BCUT2D eigenvalue weighted by atomic mass is 9.68. The molecule has 3 aliphatic carbocycles. The zero-order valence-corrected chi connectivity index (χ0v) is 22.8. The molecule has 0 aromatic heterocycles. The molecule has 1 heterocycles. The van der Waals surface area contributed by atoms with Crippen molar-refractivity contribution in [1.82, 2.24) is 0 Å². The van der Waals surface area contributed by atoms with E-state index in [9.17, 15) is 25.2 Å². The van der Waals surface area contributed by atoms with Gasteiger partial charge < -0.3 is 39.4 Å². The molecule has 0 aromatic rings. The zero-order chi connectivity index (χ0) is 27.3. The van der Waals surface area contributed by atoms with Crippen molar-refractivity contribution in [3.63, 3.8) is 0 Å². The summed E-state index contributed by atoms with van der Waals surface area (Å²) in [7, 11) is 3.02. The molecule has 9 nitrogen and oxygen atoms in total. The van der Waals surface area contributed by atoms with Crippen molar-refractivity contribution in [2.45, 2.75) is 95.8 Å². The number of aliphatic hydroxyl groups is 4. The first-order chi connectivity index (χ1) is 17.4. The van der Waals surface area contributed by atoms with Crippen LogP contribution in [-0.4, -0.2) is 96.1 Å². The molecule has 0 bridgehead atoms. The minimum Gasteiger partial charge on any atom is -0.390 e. The number of ether oxygens (including phenoxy) is 4. The SMILES string of the molecule is COCC1OC(OC2C3=C(C(C)C)CCC3(C)C=C3C(CCC3(O)COC)C(C)C2O)C(O)C(=O)C1O. The molecule has 1 saturated carbocycles. The van der Waals surface area contributed by atoms with Gasteiger partial charge in [0, 0.05) is 19.6 Å². The first-order valence-corrected chi connectivity index (χ1v) is 13.4. The Morgan fingerprint density at radius 2 is 1.84 bits per heavy atom. The number of rotatable bonds is 7. The molecule has 0 spiro atoms. The molecule has 210 valence electrons. The Morgan fingerprint density at radius 1 is 1.14 bits per heavy atom. The molecular formula is C28H44O9. The number of carbonyl (C=O) groups is 1. The lowest BCUT2D eigenvalue weighted by molar-refractivity contribution is -0.275. The summed E-state index contributed by atoms with van der Waals surface area (Å²) in [6, 6.07) is 0. The summed E-state index contributed by atoms with van der Waals surface area (Å²) < 4.78 is 22.7. The number of Topliss-reactive ketones (excluding diaryl/α,β-unsaturated/α-hetero) is 1. The van der Waals surface area contributed by atoms with Gasteiger partial charge in [-0.2, -0.15) is 0 Å². The highest BCUT2D eigenvalue weighted by atomic mass is 16.7. The van der Waals surface area contributed by atoms with Crippen LogP contribution in [0.5, 0.6) is 0 Å². The maximum atomic E-state index is 12.6. The molecule has 0 amide bonds. The van der Waals surface area contributed by atoms with Crippen LogP contribution in [0.15, 0.2) is 22.8 Å². The van der Waals surface area contributed by atoms with Gasteiger partial charge in [0.25, 0.3) is 0 Å². The molecule has 1 saturated heterocycles. The van der Waals surface area contributed by atoms with Crippen molar-refractivity contribution in [2.24, 2.45) is 23.2 Å². The molecule has 0 aromatic carbocycles. The fraction of sp³-hybridized carbons (Fsp3) is 0.821. The first kappa shape index (κ1) is 28.8. The number of allylic oxidation sites excluding steroid dienone is 2. The second-order valence-electron chi connectivity index (χ2n) is 11.9. The Balaban J connectivity index is 1.79. The van der Waals surface area contributed by atoms with Gasteiger partial charge in [-0.15, -0.1) is 0 Å². The molecular weight excluding hydrogens is 480 g/mol. The molecule has 4 N–H and O–H groups in total. The average molecular weight is 525 g/mol. The number of carbonyl (C=O) groups excluding carboxylic acids is 1. The van der Waals surface area contributed by atoms with Gasteiger partial charge in [0.05, 0.1) is 19.3 Å². The van der Waals surface area contributed by atoms with E-state index in [1.54, 1.807) is 7.11 Å². The summed E-state index contributed by atoms with van der Waals surface area (Å²) in [6.07, 6.45) is -2.41. The largest absolute Gasteiger partial charge is 0.390 e. The van der Waals surface area contributed by atoms with Gasteiger partial charge in [0.15, 0.2) is 18.2 Å². The maximum Gasteiger partial charge on any atom is 0.197 e. The number of hydrogen-bond acceptors (Lipinski definition) is 9. The number of fused-ring (bicyclic) bond motifs is 2. The number of aliphatic hydroxyl groups excluding tert-OH is 3. The van der Waals surface area contributed by atoms with E-state index in [1.165, 1.54) is 7.11 Å². The lowest BCUT2D eigenvalue weighted by Crippen LogP contribution is -2.59. The third-order valence-electron chi connectivity index (χ3n) is 9.12. The second kappa shape index (κ2) is 10.8. The van der Waals surface area contributed by atoms with Gasteiger partial charge in [0.2, 0.25) is 0 Å². The van der Waals surface area contributed by atoms with Gasteiger partial charge in [-0.3, -0.25) is 4.79 Å². The Kier molecular flexibility index (Phi) is 8.39. The van der Waals surface area contributed by atoms with E-state index in [2.05, 4.69) is 26.8 Å². The zero-order valence-electron chi connectivity index (χ0n) is 22.8. The van der Waals surface area contributed by atoms with E-state index in [0.29, 0.717) is 12.8 Å². The van der Waals surface area contributed by atoms with E-state index in [4.69, 9.17) is 18.9 Å². The summed E-state index contributed by atoms with van der Waals surface area (Å²) in [5, 5.41) is 44.4. The highest BCUT2D eigenvalue weighted by Crippen LogP contribution is 2.56. The van der Waals surface area contributed by atoms with Crippen LogP contribution in [-0.2, 0) is 23.7 Å². The average Bonchev–Trinajstić information content (AvgIpc) is 3.34. The third-order valence-corrected chi connectivity index (χ3v) is 9.12. The fourth-order valence-corrected chi connectivity index (χ4v) is 7.04. The van der Waals surface area contributed by atoms with Crippen molar-refractivity contribution in [2.75, 3.05) is 27.4 Å². The lowest BCUT2D eigenvalue weighted by Gasteiger charge is -2.45. The molecule has 4 aliphatic rings. The Labute approximate surface area is 219 Å². The molecule has 2 fully saturated rings. The fourth-order valence-electron chi connectivity index (χ4n) is 7.04. The summed E-state index contributed by atoms with van der Waals surface area (Å²) >= 11 is 0. The van der Waals surface area contributed by atoms with Crippen molar-refractivity contribution in [1.29, 1.82) is 0 Å². The Hall–Kier alpha value is -1.17. The van der Waals surface area contributed by atoms with Gasteiger partial charge in [-0.05, 0) is 54.6 Å². The van der Waals surface area contributed by atoms with Crippen LogP contribution < -0.4 is 0 Å². The summed E-state index contributed by atoms with van der Waals surface area (Å²) in [6.45, 7) is 8.41. The topological polar surface area (TPSA) is 135 Å². The normalized spacial score (nSPS) is 44.5. The third kappa shape index (κ3) is 4.98. The highest BCUT2D eigenvalue weighted by Gasteiger charge is 2.55. The van der Waals surface area contributed by atoms with E-state index in [0.717, 1.165) is 29.6 Å².